The summed E-state index contributed by atoms with van der Waals surface area (Å²) in [7, 11) is 0. The molecule has 4 aliphatic carbocycles. The van der Waals surface area contributed by atoms with Crippen molar-refractivity contribution in [1.82, 2.24) is 0 Å². The number of fused-ring (bicyclic) bond motifs is 5. The summed E-state index contributed by atoms with van der Waals surface area (Å²) in [5.41, 5.74) is 2.08. The van der Waals surface area contributed by atoms with E-state index in [1.165, 1.54) is 44.6 Å². The molecule has 0 bridgehead atoms. The van der Waals surface area contributed by atoms with E-state index in [0.29, 0.717) is 29.8 Å². The Kier molecular flexibility index (Phi) is 5.61. The van der Waals surface area contributed by atoms with Crippen molar-refractivity contribution in [2.45, 2.75) is 65.7 Å². The van der Waals surface area contributed by atoms with Gasteiger partial charge in [0.25, 0.3) is 0 Å². The highest BCUT2D eigenvalue weighted by molar-refractivity contribution is 5.82. The molecule has 0 radical (unpaired) electrons. The summed E-state index contributed by atoms with van der Waals surface area (Å²) < 4.78 is 5.01. The van der Waals surface area contributed by atoms with Crippen LogP contribution >= 0.6 is 0 Å². The molecule has 0 aromatic carbocycles. The van der Waals surface area contributed by atoms with Gasteiger partial charge in [-0.2, -0.15) is 0 Å². The lowest BCUT2D eigenvalue weighted by atomic mass is 9.48. The molecule has 4 aliphatic rings. The smallest absolute Gasteiger partial charge is 0.330 e. The molecule has 0 N–H and O–H groups in total. The SMILES string of the molecule is CCOC(=O)/C=C/[C@@H](C=O)[C@H]1CC[C@H]2[C@@H]3C=CC4=CCCC[C@]4(C)[C@H]3CC[C@]12C. The summed E-state index contributed by atoms with van der Waals surface area (Å²) in [6.45, 7) is 7.09. The van der Waals surface area contributed by atoms with E-state index in [-0.39, 0.29) is 17.3 Å². The molecule has 3 heteroatoms. The van der Waals surface area contributed by atoms with Crippen LogP contribution in [-0.2, 0) is 14.3 Å². The van der Waals surface area contributed by atoms with E-state index >= 15 is 0 Å². The van der Waals surface area contributed by atoms with E-state index in [2.05, 4.69) is 32.1 Å². The van der Waals surface area contributed by atoms with E-state index in [1.54, 1.807) is 18.6 Å². The first-order valence-corrected chi connectivity index (χ1v) is 11.6. The van der Waals surface area contributed by atoms with Crippen molar-refractivity contribution in [3.8, 4) is 0 Å². The fourth-order valence-electron chi connectivity index (χ4n) is 7.51. The first kappa shape index (κ1) is 20.6. The standard InChI is InChI=1S/C26H36O3/c1-4-29-24(28)13-8-18(17-27)21-11-12-22-20-10-9-19-7-5-6-15-25(19,2)23(20)14-16-26(21,22)3/h7-10,13,17-18,20-23H,4-6,11-12,14-16H2,1-3H3/b13-8+/t18-,20-,21+,22-,23-,25-,26+/m0/s1. The summed E-state index contributed by atoms with van der Waals surface area (Å²) in [6, 6.07) is 0. The topological polar surface area (TPSA) is 43.4 Å². The highest BCUT2D eigenvalue weighted by atomic mass is 16.5. The van der Waals surface area contributed by atoms with Gasteiger partial charge in [0.1, 0.15) is 6.29 Å². The second-order valence-electron chi connectivity index (χ2n) is 10.2. The average Bonchev–Trinajstić information content (AvgIpc) is 3.05. The van der Waals surface area contributed by atoms with Crippen LogP contribution in [0.25, 0.3) is 0 Å². The Morgan fingerprint density at radius 2 is 2.07 bits per heavy atom. The van der Waals surface area contributed by atoms with Crippen LogP contribution in [0.2, 0.25) is 0 Å². The van der Waals surface area contributed by atoms with Gasteiger partial charge in [0.2, 0.25) is 0 Å². The van der Waals surface area contributed by atoms with Gasteiger partial charge in [0.15, 0.2) is 0 Å². The number of ether oxygens (including phenoxy) is 1. The molecule has 7 atom stereocenters. The van der Waals surface area contributed by atoms with Gasteiger partial charge in [-0.3, -0.25) is 0 Å². The van der Waals surface area contributed by atoms with Crippen LogP contribution < -0.4 is 0 Å². The lowest BCUT2D eigenvalue weighted by molar-refractivity contribution is -0.137. The van der Waals surface area contributed by atoms with Crippen molar-refractivity contribution in [3.63, 3.8) is 0 Å². The summed E-state index contributed by atoms with van der Waals surface area (Å²) >= 11 is 0. The lowest BCUT2D eigenvalue weighted by Crippen LogP contribution is -2.49. The third kappa shape index (κ3) is 3.35. The molecule has 0 saturated heterocycles. The van der Waals surface area contributed by atoms with Gasteiger partial charge in [-0.15, -0.1) is 0 Å². The van der Waals surface area contributed by atoms with Crippen LogP contribution in [0.5, 0.6) is 0 Å². The summed E-state index contributed by atoms with van der Waals surface area (Å²) in [5, 5.41) is 0. The molecular weight excluding hydrogens is 360 g/mol. The Morgan fingerprint density at radius 1 is 1.24 bits per heavy atom. The van der Waals surface area contributed by atoms with Gasteiger partial charge in [0.05, 0.1) is 6.61 Å². The molecule has 0 amide bonds. The average molecular weight is 397 g/mol. The maximum absolute atomic E-state index is 12.0. The normalized spacial score (nSPS) is 41.8. The third-order valence-electron chi connectivity index (χ3n) is 9.01. The first-order valence-electron chi connectivity index (χ1n) is 11.6. The van der Waals surface area contributed by atoms with Crippen LogP contribution in [0.1, 0.15) is 65.7 Å². The summed E-state index contributed by atoms with van der Waals surface area (Å²) in [6.07, 6.45) is 20.3. The molecule has 0 unspecified atom stereocenters. The third-order valence-corrected chi connectivity index (χ3v) is 9.01. The molecule has 0 aromatic heterocycles. The number of hydrogen-bond acceptors (Lipinski definition) is 3. The monoisotopic (exact) mass is 396 g/mol. The second kappa shape index (κ2) is 7.89. The fourth-order valence-corrected chi connectivity index (χ4v) is 7.51. The molecule has 3 nitrogen and oxygen atoms in total. The number of rotatable bonds is 5. The number of allylic oxidation sites excluding steroid dienone is 5. The van der Waals surface area contributed by atoms with Gasteiger partial charge in [-0.05, 0) is 91.9 Å². The van der Waals surface area contributed by atoms with E-state index in [1.807, 2.05) is 0 Å². The van der Waals surface area contributed by atoms with Crippen molar-refractivity contribution in [2.75, 3.05) is 6.61 Å². The number of esters is 1. The van der Waals surface area contributed by atoms with Crippen LogP contribution in [-0.4, -0.2) is 18.9 Å². The van der Waals surface area contributed by atoms with Crippen LogP contribution in [0.15, 0.2) is 36.0 Å². The van der Waals surface area contributed by atoms with Crippen molar-refractivity contribution >= 4 is 12.3 Å². The van der Waals surface area contributed by atoms with E-state index in [4.69, 9.17) is 4.74 Å². The minimum atomic E-state index is -0.345. The predicted octanol–water partition coefficient (Wildman–Crippen LogP) is 5.67. The molecule has 2 fully saturated rings. The Labute approximate surface area is 175 Å². The van der Waals surface area contributed by atoms with Gasteiger partial charge in [-0.1, -0.05) is 38.2 Å². The Morgan fingerprint density at radius 3 is 2.83 bits per heavy atom. The maximum atomic E-state index is 12.0. The zero-order valence-corrected chi connectivity index (χ0v) is 18.2. The molecule has 29 heavy (non-hydrogen) atoms. The summed E-state index contributed by atoms with van der Waals surface area (Å²) in [4.78, 5) is 23.7. The van der Waals surface area contributed by atoms with E-state index in [0.717, 1.165) is 18.6 Å². The molecule has 0 aliphatic heterocycles. The highest BCUT2D eigenvalue weighted by Crippen LogP contribution is 2.66. The first-order chi connectivity index (χ1) is 13.9. The molecule has 0 spiro atoms. The Hall–Kier alpha value is -1.64. The highest BCUT2D eigenvalue weighted by Gasteiger charge is 2.58. The maximum Gasteiger partial charge on any atom is 0.330 e. The minimum absolute atomic E-state index is 0.169. The van der Waals surface area contributed by atoms with E-state index in [9.17, 15) is 9.59 Å². The molecule has 0 heterocycles. The number of hydrogen-bond donors (Lipinski definition) is 0. The zero-order chi connectivity index (χ0) is 20.6. The van der Waals surface area contributed by atoms with Crippen LogP contribution in [0.4, 0.5) is 0 Å². The van der Waals surface area contributed by atoms with Gasteiger partial charge in [-0.25, -0.2) is 4.79 Å². The van der Waals surface area contributed by atoms with Gasteiger partial charge < -0.3 is 9.53 Å². The quantitative estimate of drug-likeness (QED) is 0.342. The second-order valence-corrected chi connectivity index (χ2v) is 10.2. The van der Waals surface area contributed by atoms with Crippen LogP contribution in [0.3, 0.4) is 0 Å². The Bertz CT molecular complexity index is 747. The number of aldehydes is 1. The fraction of sp³-hybridized carbons (Fsp3) is 0.692. The summed E-state index contributed by atoms with van der Waals surface area (Å²) in [5.74, 6) is 1.78. The molecule has 4 rings (SSSR count). The lowest BCUT2D eigenvalue weighted by Gasteiger charge is -2.56. The number of carbonyl (C=O) groups excluding carboxylic acids is 2. The van der Waals surface area contributed by atoms with Gasteiger partial charge in [0, 0.05) is 12.0 Å². The van der Waals surface area contributed by atoms with E-state index < -0.39 is 0 Å². The Balaban J connectivity index is 1.57. The van der Waals surface area contributed by atoms with Crippen LogP contribution in [0, 0.1) is 40.4 Å². The number of carbonyl (C=O) groups is 2. The minimum Gasteiger partial charge on any atom is -0.463 e. The molecule has 158 valence electrons. The molecular formula is C26H36O3. The largest absolute Gasteiger partial charge is 0.463 e. The van der Waals surface area contributed by atoms with Crippen molar-refractivity contribution in [1.29, 1.82) is 0 Å². The zero-order valence-electron chi connectivity index (χ0n) is 18.2. The predicted molar refractivity (Wildman–Crippen MR) is 115 cm³/mol. The molecule has 0 aromatic rings. The molecule has 2 saturated carbocycles. The van der Waals surface area contributed by atoms with Crippen molar-refractivity contribution < 1.29 is 14.3 Å². The van der Waals surface area contributed by atoms with Gasteiger partial charge >= 0.3 is 5.97 Å². The van der Waals surface area contributed by atoms with Crippen molar-refractivity contribution in [3.05, 3.63) is 36.0 Å². The van der Waals surface area contributed by atoms with Crippen molar-refractivity contribution in [2.24, 2.45) is 40.4 Å².